The van der Waals surface area contributed by atoms with Crippen LogP contribution in [0.2, 0.25) is 5.02 Å². The van der Waals surface area contributed by atoms with Gasteiger partial charge in [-0.05, 0) is 54.1 Å². The highest BCUT2D eigenvalue weighted by Gasteiger charge is 2.04. The van der Waals surface area contributed by atoms with Gasteiger partial charge in [-0.1, -0.05) is 23.7 Å². The molecule has 1 N–H and O–H groups in total. The minimum atomic E-state index is -0.313. The molecular formula is C19H15ClN2O3. The molecule has 6 heteroatoms. The van der Waals surface area contributed by atoms with E-state index in [0.717, 1.165) is 5.56 Å². The van der Waals surface area contributed by atoms with Crippen LogP contribution in [0.4, 0.5) is 0 Å². The van der Waals surface area contributed by atoms with Gasteiger partial charge in [-0.25, -0.2) is 5.43 Å². The van der Waals surface area contributed by atoms with E-state index < -0.39 is 0 Å². The Morgan fingerprint density at radius 1 is 1.12 bits per heavy atom. The van der Waals surface area contributed by atoms with Crippen molar-refractivity contribution in [3.05, 3.63) is 88.8 Å². The topological polar surface area (TPSA) is 63.8 Å². The molecule has 0 saturated heterocycles. The van der Waals surface area contributed by atoms with E-state index in [1.807, 2.05) is 24.3 Å². The van der Waals surface area contributed by atoms with Crippen LogP contribution in [0.1, 0.15) is 21.7 Å². The van der Waals surface area contributed by atoms with Gasteiger partial charge in [0.05, 0.1) is 12.5 Å². The number of carbonyl (C=O) groups is 1. The summed E-state index contributed by atoms with van der Waals surface area (Å²) in [6, 6.07) is 17.7. The van der Waals surface area contributed by atoms with Crippen molar-refractivity contribution in [2.24, 2.45) is 5.10 Å². The summed E-state index contributed by atoms with van der Waals surface area (Å²) in [5, 5.41) is 4.52. The number of hydrogen-bond acceptors (Lipinski definition) is 4. The molecular weight excluding hydrogens is 340 g/mol. The van der Waals surface area contributed by atoms with Crippen molar-refractivity contribution in [1.82, 2.24) is 5.43 Å². The van der Waals surface area contributed by atoms with Gasteiger partial charge in [-0.15, -0.1) is 0 Å². The fourth-order valence-corrected chi connectivity index (χ4v) is 2.16. The quantitative estimate of drug-likeness (QED) is 0.531. The Hall–Kier alpha value is -3.05. The van der Waals surface area contributed by atoms with Gasteiger partial charge >= 0.3 is 0 Å². The SMILES string of the molecule is O=C(NN=Cc1ccco1)c1ccc(OCc2ccc(Cl)cc2)cc1. The summed E-state index contributed by atoms with van der Waals surface area (Å²) in [4.78, 5) is 12.0. The summed E-state index contributed by atoms with van der Waals surface area (Å²) in [6.07, 6.45) is 2.97. The number of hydrazone groups is 1. The van der Waals surface area contributed by atoms with Crippen molar-refractivity contribution in [2.45, 2.75) is 6.61 Å². The molecule has 1 heterocycles. The number of rotatable bonds is 6. The first-order chi connectivity index (χ1) is 12.2. The van der Waals surface area contributed by atoms with Crippen LogP contribution in [0.25, 0.3) is 0 Å². The lowest BCUT2D eigenvalue weighted by atomic mass is 10.2. The zero-order valence-corrected chi connectivity index (χ0v) is 13.9. The van der Waals surface area contributed by atoms with Crippen molar-refractivity contribution < 1.29 is 13.9 Å². The van der Waals surface area contributed by atoms with E-state index in [-0.39, 0.29) is 5.91 Å². The van der Waals surface area contributed by atoms with Gasteiger partial charge in [0.15, 0.2) is 0 Å². The summed E-state index contributed by atoms with van der Waals surface area (Å²) in [6.45, 7) is 0.427. The summed E-state index contributed by atoms with van der Waals surface area (Å²) < 4.78 is 10.8. The molecule has 0 fully saturated rings. The lowest BCUT2D eigenvalue weighted by Crippen LogP contribution is -2.17. The van der Waals surface area contributed by atoms with Crippen molar-refractivity contribution in [3.8, 4) is 5.75 Å². The largest absolute Gasteiger partial charge is 0.489 e. The number of halogens is 1. The second kappa shape index (κ2) is 8.17. The molecule has 0 aliphatic carbocycles. The Kier molecular flexibility index (Phi) is 5.49. The van der Waals surface area contributed by atoms with Gasteiger partial charge in [0.1, 0.15) is 18.1 Å². The first-order valence-corrected chi connectivity index (χ1v) is 7.93. The van der Waals surface area contributed by atoms with Crippen molar-refractivity contribution in [3.63, 3.8) is 0 Å². The fraction of sp³-hybridized carbons (Fsp3) is 0.0526. The molecule has 5 nitrogen and oxygen atoms in total. The molecule has 0 spiro atoms. The second-order valence-electron chi connectivity index (χ2n) is 5.15. The monoisotopic (exact) mass is 354 g/mol. The predicted molar refractivity (Wildman–Crippen MR) is 96.0 cm³/mol. The van der Waals surface area contributed by atoms with E-state index in [0.29, 0.717) is 28.7 Å². The van der Waals surface area contributed by atoms with Crippen molar-refractivity contribution in [2.75, 3.05) is 0 Å². The van der Waals surface area contributed by atoms with E-state index in [1.54, 1.807) is 36.4 Å². The number of nitrogens with zero attached hydrogens (tertiary/aromatic N) is 1. The third kappa shape index (κ3) is 4.96. The number of hydrogen-bond donors (Lipinski definition) is 1. The van der Waals surface area contributed by atoms with Crippen LogP contribution in [0.5, 0.6) is 5.75 Å². The number of carbonyl (C=O) groups excluding carboxylic acids is 1. The number of nitrogens with one attached hydrogen (secondary N) is 1. The maximum absolute atomic E-state index is 12.0. The van der Waals surface area contributed by atoms with Crippen LogP contribution in [0.15, 0.2) is 76.4 Å². The molecule has 2 aromatic carbocycles. The summed E-state index contributed by atoms with van der Waals surface area (Å²) >= 11 is 5.85. The Balaban J connectivity index is 1.52. The maximum Gasteiger partial charge on any atom is 0.271 e. The minimum Gasteiger partial charge on any atom is -0.489 e. The summed E-state index contributed by atoms with van der Waals surface area (Å²) in [7, 11) is 0. The third-order valence-corrected chi connectivity index (χ3v) is 3.59. The standard InChI is InChI=1S/C19H15ClN2O3/c20-16-7-3-14(4-8-16)13-25-17-9-5-15(6-10-17)19(23)22-21-12-18-2-1-11-24-18/h1-12H,13H2,(H,22,23). The molecule has 3 aromatic rings. The zero-order chi connectivity index (χ0) is 17.5. The van der Waals surface area contributed by atoms with Crippen molar-refractivity contribution in [1.29, 1.82) is 0 Å². The lowest BCUT2D eigenvalue weighted by molar-refractivity contribution is 0.0955. The van der Waals surface area contributed by atoms with Gasteiger partial charge in [0, 0.05) is 10.6 Å². The van der Waals surface area contributed by atoms with Crippen LogP contribution < -0.4 is 10.2 Å². The Morgan fingerprint density at radius 3 is 2.56 bits per heavy atom. The average Bonchev–Trinajstić information content (AvgIpc) is 3.15. The lowest BCUT2D eigenvalue weighted by Gasteiger charge is -2.07. The summed E-state index contributed by atoms with van der Waals surface area (Å²) in [5.74, 6) is 0.920. The minimum absolute atomic E-state index is 0.313. The Labute approximate surface area is 149 Å². The molecule has 126 valence electrons. The molecule has 0 radical (unpaired) electrons. The number of benzene rings is 2. The molecule has 0 bridgehead atoms. The third-order valence-electron chi connectivity index (χ3n) is 3.34. The zero-order valence-electron chi connectivity index (χ0n) is 13.2. The fourth-order valence-electron chi connectivity index (χ4n) is 2.03. The Bertz CT molecular complexity index is 841. The van der Waals surface area contributed by atoms with Gasteiger partial charge in [0.2, 0.25) is 0 Å². The van der Waals surface area contributed by atoms with Gasteiger partial charge in [-0.3, -0.25) is 4.79 Å². The van der Waals surface area contributed by atoms with E-state index in [2.05, 4.69) is 10.5 Å². The van der Waals surface area contributed by atoms with Crippen LogP contribution in [0.3, 0.4) is 0 Å². The van der Waals surface area contributed by atoms with E-state index in [1.165, 1.54) is 12.5 Å². The molecule has 0 aliphatic heterocycles. The second-order valence-corrected chi connectivity index (χ2v) is 5.59. The molecule has 0 saturated carbocycles. The first-order valence-electron chi connectivity index (χ1n) is 7.55. The van der Waals surface area contributed by atoms with Crippen LogP contribution >= 0.6 is 11.6 Å². The number of amides is 1. The highest BCUT2D eigenvalue weighted by molar-refractivity contribution is 6.30. The highest BCUT2D eigenvalue weighted by atomic mass is 35.5. The molecule has 1 aromatic heterocycles. The maximum atomic E-state index is 12.0. The van der Waals surface area contributed by atoms with Gasteiger partial charge in [-0.2, -0.15) is 5.10 Å². The smallest absolute Gasteiger partial charge is 0.271 e. The van der Waals surface area contributed by atoms with Gasteiger partial charge in [0.25, 0.3) is 5.91 Å². The normalized spacial score (nSPS) is 10.8. The van der Waals surface area contributed by atoms with E-state index >= 15 is 0 Å². The molecule has 0 aliphatic rings. The molecule has 25 heavy (non-hydrogen) atoms. The van der Waals surface area contributed by atoms with Gasteiger partial charge < -0.3 is 9.15 Å². The van der Waals surface area contributed by atoms with Crippen LogP contribution in [0, 0.1) is 0 Å². The molecule has 0 atom stereocenters. The van der Waals surface area contributed by atoms with Crippen LogP contribution in [-0.4, -0.2) is 12.1 Å². The van der Waals surface area contributed by atoms with Crippen molar-refractivity contribution >= 4 is 23.7 Å². The predicted octanol–water partition coefficient (Wildman–Crippen LogP) is 4.28. The average molecular weight is 355 g/mol. The number of ether oxygens (including phenoxy) is 1. The van der Waals surface area contributed by atoms with E-state index in [4.69, 9.17) is 20.8 Å². The van der Waals surface area contributed by atoms with E-state index in [9.17, 15) is 4.79 Å². The van der Waals surface area contributed by atoms with Crippen LogP contribution in [-0.2, 0) is 6.61 Å². The Morgan fingerprint density at radius 2 is 1.88 bits per heavy atom. The molecule has 3 rings (SSSR count). The highest BCUT2D eigenvalue weighted by Crippen LogP contribution is 2.15. The molecule has 0 unspecified atom stereocenters. The summed E-state index contributed by atoms with van der Waals surface area (Å²) in [5.41, 5.74) is 3.93. The first kappa shape index (κ1) is 16.8. The molecule has 1 amide bonds. The number of furan rings is 1.